The highest BCUT2D eigenvalue weighted by molar-refractivity contribution is 7.89. The second-order valence-corrected chi connectivity index (χ2v) is 9.57. The summed E-state index contributed by atoms with van der Waals surface area (Å²) in [6.07, 6.45) is 4.65. The third kappa shape index (κ3) is 3.37. The van der Waals surface area contributed by atoms with Gasteiger partial charge >= 0.3 is 0 Å². The minimum Gasteiger partial charge on any atom is -0.375 e. The van der Waals surface area contributed by atoms with E-state index in [-0.39, 0.29) is 12.1 Å². The molecule has 3 fully saturated rings. The Morgan fingerprint density at radius 3 is 2.56 bits per heavy atom. The van der Waals surface area contributed by atoms with Gasteiger partial charge in [0.05, 0.1) is 23.6 Å². The first-order valence-corrected chi connectivity index (χ1v) is 10.9. The summed E-state index contributed by atoms with van der Waals surface area (Å²) >= 11 is 0. The summed E-state index contributed by atoms with van der Waals surface area (Å²) in [4.78, 5) is 2.85. The van der Waals surface area contributed by atoms with Crippen LogP contribution in [0.15, 0.2) is 29.2 Å². The summed E-state index contributed by atoms with van der Waals surface area (Å²) in [5, 5.41) is 0. The fraction of sp³-hybridized carbons (Fsp3) is 0.684. The maximum Gasteiger partial charge on any atom is 0.243 e. The summed E-state index contributed by atoms with van der Waals surface area (Å²) in [6, 6.07) is 7.19. The Balaban J connectivity index is 1.41. The van der Waals surface area contributed by atoms with Gasteiger partial charge in [-0.1, -0.05) is 17.7 Å². The molecule has 0 unspecified atom stereocenters. The average molecular weight is 365 g/mol. The van der Waals surface area contributed by atoms with Crippen LogP contribution in [0, 0.1) is 12.8 Å². The van der Waals surface area contributed by atoms with Gasteiger partial charge in [-0.2, -0.15) is 4.31 Å². The van der Waals surface area contributed by atoms with E-state index in [4.69, 9.17) is 4.74 Å². The Kier molecular flexibility index (Phi) is 4.88. The fourth-order valence-corrected chi connectivity index (χ4v) is 6.31. The number of fused-ring (bicyclic) bond motifs is 2. The van der Waals surface area contributed by atoms with Crippen molar-refractivity contribution in [2.45, 2.75) is 49.6 Å². The van der Waals surface area contributed by atoms with Crippen molar-refractivity contribution in [2.24, 2.45) is 5.92 Å². The molecule has 3 aliphatic rings. The van der Waals surface area contributed by atoms with Crippen molar-refractivity contribution in [2.75, 3.05) is 32.8 Å². The molecule has 25 heavy (non-hydrogen) atoms. The van der Waals surface area contributed by atoms with E-state index in [1.165, 1.54) is 25.9 Å². The second-order valence-electron chi connectivity index (χ2n) is 7.68. The SMILES string of the molecule is Cc1ccc(S(=O)(=O)N2C[C@H]3CC[C@H]2[C@H]3OCCN2CCCC2)cc1. The molecule has 138 valence electrons. The van der Waals surface area contributed by atoms with Crippen LogP contribution in [-0.4, -0.2) is 62.6 Å². The molecule has 1 aliphatic carbocycles. The minimum atomic E-state index is -3.42. The monoisotopic (exact) mass is 364 g/mol. The lowest BCUT2D eigenvalue weighted by Gasteiger charge is -2.26. The molecule has 1 aromatic rings. The number of rotatable bonds is 6. The van der Waals surface area contributed by atoms with Gasteiger partial charge in [-0.15, -0.1) is 0 Å². The summed E-state index contributed by atoms with van der Waals surface area (Å²) in [5.74, 6) is 0.351. The van der Waals surface area contributed by atoms with Gasteiger partial charge in [0.2, 0.25) is 10.0 Å². The molecule has 3 atom stereocenters. The summed E-state index contributed by atoms with van der Waals surface area (Å²) in [7, 11) is -3.42. The maximum atomic E-state index is 13.0. The molecule has 4 rings (SSSR count). The van der Waals surface area contributed by atoms with Gasteiger partial charge in [-0.3, -0.25) is 0 Å². The van der Waals surface area contributed by atoms with E-state index in [0.29, 0.717) is 17.4 Å². The lowest BCUT2D eigenvalue weighted by Crippen LogP contribution is -2.40. The van der Waals surface area contributed by atoms with E-state index in [1.807, 2.05) is 19.1 Å². The normalized spacial score (nSPS) is 30.4. The average Bonchev–Trinajstić information content (AvgIpc) is 3.32. The Bertz CT molecular complexity index is 698. The largest absolute Gasteiger partial charge is 0.375 e. The Labute approximate surface area is 151 Å². The van der Waals surface area contributed by atoms with Crippen molar-refractivity contribution < 1.29 is 13.2 Å². The Hall–Kier alpha value is -0.950. The van der Waals surface area contributed by atoms with Crippen molar-refractivity contribution in [1.82, 2.24) is 9.21 Å². The highest BCUT2D eigenvalue weighted by atomic mass is 32.2. The predicted octanol–water partition coefficient (Wildman–Crippen LogP) is 2.26. The van der Waals surface area contributed by atoms with Gasteiger partial charge in [0.1, 0.15) is 0 Å². The van der Waals surface area contributed by atoms with Crippen LogP contribution in [-0.2, 0) is 14.8 Å². The van der Waals surface area contributed by atoms with Crippen LogP contribution < -0.4 is 0 Å². The lowest BCUT2D eigenvalue weighted by molar-refractivity contribution is 0.0234. The molecule has 2 aliphatic heterocycles. The zero-order chi connectivity index (χ0) is 17.4. The van der Waals surface area contributed by atoms with Gasteiger partial charge in [-0.25, -0.2) is 8.42 Å². The van der Waals surface area contributed by atoms with Crippen LogP contribution in [0.4, 0.5) is 0 Å². The molecule has 5 nitrogen and oxygen atoms in total. The zero-order valence-corrected chi connectivity index (χ0v) is 15.7. The van der Waals surface area contributed by atoms with Gasteiger partial charge < -0.3 is 9.64 Å². The van der Waals surface area contributed by atoms with Crippen LogP contribution in [0.25, 0.3) is 0 Å². The van der Waals surface area contributed by atoms with Crippen LogP contribution >= 0.6 is 0 Å². The topological polar surface area (TPSA) is 49.9 Å². The van der Waals surface area contributed by atoms with E-state index in [0.717, 1.165) is 31.6 Å². The first-order valence-electron chi connectivity index (χ1n) is 9.48. The van der Waals surface area contributed by atoms with Crippen molar-refractivity contribution in [3.8, 4) is 0 Å². The van der Waals surface area contributed by atoms with E-state index in [2.05, 4.69) is 4.90 Å². The summed E-state index contributed by atoms with van der Waals surface area (Å²) < 4.78 is 33.9. The van der Waals surface area contributed by atoms with Crippen molar-refractivity contribution >= 4 is 10.0 Å². The standard InChI is InChI=1S/C19H28N2O3S/c1-15-4-7-17(8-5-15)25(22,23)21-14-16-6-9-18(21)19(16)24-13-12-20-10-2-3-11-20/h4-5,7-8,16,18-19H,2-3,6,9-14H2,1H3/t16-,18+,19+/m1/s1. The molecule has 0 N–H and O–H groups in total. The van der Waals surface area contributed by atoms with E-state index in [9.17, 15) is 8.42 Å². The molecule has 0 radical (unpaired) electrons. The number of likely N-dealkylation sites (tertiary alicyclic amines) is 1. The van der Waals surface area contributed by atoms with Gasteiger partial charge in [0, 0.05) is 19.0 Å². The first-order chi connectivity index (χ1) is 12.1. The molecule has 1 saturated carbocycles. The smallest absolute Gasteiger partial charge is 0.243 e. The molecule has 0 aromatic heterocycles. The quantitative estimate of drug-likeness (QED) is 0.777. The Morgan fingerprint density at radius 1 is 1.12 bits per heavy atom. The van der Waals surface area contributed by atoms with Crippen LogP contribution in [0.2, 0.25) is 0 Å². The molecule has 2 bridgehead atoms. The number of nitrogens with zero attached hydrogens (tertiary/aromatic N) is 2. The number of benzene rings is 1. The number of ether oxygens (including phenoxy) is 1. The highest BCUT2D eigenvalue weighted by Gasteiger charge is 2.52. The van der Waals surface area contributed by atoms with Crippen LogP contribution in [0.5, 0.6) is 0 Å². The molecular formula is C19H28N2O3S. The molecular weight excluding hydrogens is 336 g/mol. The second kappa shape index (κ2) is 6.99. The predicted molar refractivity (Wildman–Crippen MR) is 97.0 cm³/mol. The van der Waals surface area contributed by atoms with E-state index >= 15 is 0 Å². The molecule has 2 saturated heterocycles. The third-order valence-corrected chi connectivity index (χ3v) is 7.91. The molecule has 2 heterocycles. The van der Waals surface area contributed by atoms with Crippen molar-refractivity contribution in [3.05, 3.63) is 29.8 Å². The van der Waals surface area contributed by atoms with Crippen LogP contribution in [0.1, 0.15) is 31.2 Å². The van der Waals surface area contributed by atoms with E-state index < -0.39 is 10.0 Å². The number of piperidine rings is 1. The van der Waals surface area contributed by atoms with Gasteiger partial charge in [-0.05, 0) is 57.8 Å². The fourth-order valence-electron chi connectivity index (χ4n) is 4.59. The Morgan fingerprint density at radius 2 is 1.84 bits per heavy atom. The number of aryl methyl sites for hydroxylation is 1. The van der Waals surface area contributed by atoms with Crippen LogP contribution in [0.3, 0.4) is 0 Å². The van der Waals surface area contributed by atoms with Crippen molar-refractivity contribution in [1.29, 1.82) is 0 Å². The van der Waals surface area contributed by atoms with Crippen molar-refractivity contribution in [3.63, 3.8) is 0 Å². The minimum absolute atomic E-state index is 0.00915. The summed E-state index contributed by atoms with van der Waals surface area (Å²) in [5.41, 5.74) is 1.07. The number of hydrogen-bond donors (Lipinski definition) is 0. The number of sulfonamides is 1. The third-order valence-electron chi connectivity index (χ3n) is 6.01. The first kappa shape index (κ1) is 17.5. The van der Waals surface area contributed by atoms with Gasteiger partial charge in [0.25, 0.3) is 0 Å². The molecule has 0 spiro atoms. The van der Waals surface area contributed by atoms with Gasteiger partial charge in [0.15, 0.2) is 0 Å². The number of hydrogen-bond acceptors (Lipinski definition) is 4. The molecule has 0 amide bonds. The van der Waals surface area contributed by atoms with E-state index in [1.54, 1.807) is 16.4 Å². The lowest BCUT2D eigenvalue weighted by atomic mass is 10.1. The summed E-state index contributed by atoms with van der Waals surface area (Å²) in [6.45, 7) is 6.62. The zero-order valence-electron chi connectivity index (χ0n) is 14.9. The highest BCUT2D eigenvalue weighted by Crippen LogP contribution is 2.42. The molecule has 1 aromatic carbocycles. The maximum absolute atomic E-state index is 13.0. The molecule has 6 heteroatoms.